The molecule has 0 aromatic heterocycles. The van der Waals surface area contributed by atoms with Crippen LogP contribution in [0.2, 0.25) is 0 Å². The molecule has 2 aliphatic heterocycles. The summed E-state index contributed by atoms with van der Waals surface area (Å²) in [5, 5.41) is 0. The van der Waals surface area contributed by atoms with Crippen molar-refractivity contribution in [2.24, 2.45) is 0 Å². The van der Waals surface area contributed by atoms with Crippen LogP contribution in [0.25, 0.3) is 0 Å². The summed E-state index contributed by atoms with van der Waals surface area (Å²) in [6.45, 7) is 1.91. The molecule has 2 heterocycles. The van der Waals surface area contributed by atoms with Crippen LogP contribution in [0.1, 0.15) is 30.4 Å². The number of rotatable bonds is 12. The molecule has 12 heteroatoms. The molecule has 4 rings (SSSR count). The van der Waals surface area contributed by atoms with Crippen LogP contribution in [0, 0.1) is 0 Å². The van der Waals surface area contributed by atoms with Crippen molar-refractivity contribution >= 4 is 31.6 Å². The minimum absolute atomic E-state index is 0.0884. The third-order valence-electron chi connectivity index (χ3n) is 7.66. The second kappa shape index (κ2) is 12.6. The first-order valence-electron chi connectivity index (χ1n) is 13.5. The Morgan fingerprint density at radius 2 is 1.68 bits per heavy atom. The Hall–Kier alpha value is -2.51. The first-order valence-corrected chi connectivity index (χ1v) is 17.0. The predicted octanol–water partition coefficient (Wildman–Crippen LogP) is 1.78. The highest BCUT2D eigenvalue weighted by atomic mass is 32.2. The summed E-state index contributed by atoms with van der Waals surface area (Å²) in [6.07, 6.45) is 2.81. The molecule has 2 aliphatic rings. The highest BCUT2D eigenvalue weighted by Crippen LogP contribution is 2.47. The lowest BCUT2D eigenvalue weighted by Crippen LogP contribution is -2.55. The molecule has 220 valence electrons. The van der Waals surface area contributed by atoms with Gasteiger partial charge in [-0.3, -0.25) is 9.10 Å². The fourth-order valence-corrected chi connectivity index (χ4v) is 7.78. The summed E-state index contributed by atoms with van der Waals surface area (Å²) < 4.78 is 60.7. The van der Waals surface area contributed by atoms with Gasteiger partial charge in [0.15, 0.2) is 0 Å². The van der Waals surface area contributed by atoms with Gasteiger partial charge in [0, 0.05) is 25.0 Å². The van der Waals surface area contributed by atoms with E-state index in [1.54, 1.807) is 4.90 Å². The second-order valence-electron chi connectivity index (χ2n) is 11.0. The Labute approximate surface area is 238 Å². The lowest BCUT2D eigenvalue weighted by atomic mass is 9.74. The predicted molar refractivity (Wildman–Crippen MR) is 156 cm³/mol. The molecule has 1 N–H and O–H groups in total. The second-order valence-corrected chi connectivity index (χ2v) is 14.8. The van der Waals surface area contributed by atoms with Gasteiger partial charge in [-0.15, -0.1) is 0 Å². The van der Waals surface area contributed by atoms with E-state index >= 15 is 0 Å². The van der Waals surface area contributed by atoms with Gasteiger partial charge in [-0.2, -0.15) is 0 Å². The number of sulfonamides is 2. The molecule has 0 saturated carbocycles. The number of carbonyl (C=O) groups excluding carboxylic acids is 1. The van der Waals surface area contributed by atoms with Crippen LogP contribution in [0.5, 0.6) is 0 Å². The molecule has 0 unspecified atom stereocenters. The Bertz CT molecular complexity index is 1370. The van der Waals surface area contributed by atoms with Gasteiger partial charge in [0.2, 0.25) is 26.0 Å². The first-order chi connectivity index (χ1) is 18.9. The van der Waals surface area contributed by atoms with Crippen LogP contribution in [0.15, 0.2) is 54.6 Å². The highest BCUT2D eigenvalue weighted by molar-refractivity contribution is 7.92. The maximum Gasteiger partial charge on any atom is 0.243 e. The van der Waals surface area contributed by atoms with Crippen molar-refractivity contribution in [3.05, 3.63) is 65.7 Å². The fraction of sp³-hybridized carbons (Fsp3) is 0.536. The number of fused-ring (bicyclic) bond motifs is 2. The summed E-state index contributed by atoms with van der Waals surface area (Å²) in [5.74, 6) is -0.417. The third kappa shape index (κ3) is 7.41. The molecule has 1 saturated heterocycles. The first kappa shape index (κ1) is 30.4. The molecular formula is C28H40N4O6S2. The van der Waals surface area contributed by atoms with E-state index < -0.39 is 26.1 Å². The van der Waals surface area contributed by atoms with E-state index in [-0.39, 0.29) is 30.3 Å². The van der Waals surface area contributed by atoms with E-state index in [4.69, 9.17) is 4.74 Å². The van der Waals surface area contributed by atoms with Crippen molar-refractivity contribution in [1.82, 2.24) is 14.5 Å². The smallest absolute Gasteiger partial charge is 0.243 e. The summed E-state index contributed by atoms with van der Waals surface area (Å²) in [6, 6.07) is 16.0. The molecule has 10 nitrogen and oxygen atoms in total. The monoisotopic (exact) mass is 592 g/mol. The maximum atomic E-state index is 13.7. The van der Waals surface area contributed by atoms with E-state index in [2.05, 4.69) is 4.72 Å². The lowest BCUT2D eigenvalue weighted by molar-refractivity contribution is -0.136. The molecule has 40 heavy (non-hydrogen) atoms. The van der Waals surface area contributed by atoms with Crippen molar-refractivity contribution in [3.8, 4) is 0 Å². The summed E-state index contributed by atoms with van der Waals surface area (Å²) in [5.41, 5.74) is 2.22. The van der Waals surface area contributed by atoms with Gasteiger partial charge in [0.1, 0.15) is 6.04 Å². The number of piperidine rings is 1. The number of carbonyl (C=O) groups is 1. The molecule has 0 bridgehead atoms. The molecule has 1 amide bonds. The quantitative estimate of drug-likeness (QED) is 0.400. The van der Waals surface area contributed by atoms with Crippen LogP contribution in [0.4, 0.5) is 5.69 Å². The van der Waals surface area contributed by atoms with E-state index in [0.717, 1.165) is 11.1 Å². The Morgan fingerprint density at radius 1 is 1.02 bits per heavy atom. The van der Waals surface area contributed by atoms with Gasteiger partial charge in [-0.1, -0.05) is 48.5 Å². The van der Waals surface area contributed by atoms with E-state index in [1.807, 2.05) is 73.6 Å². The van der Waals surface area contributed by atoms with E-state index in [1.165, 1.54) is 10.6 Å². The van der Waals surface area contributed by atoms with Crippen LogP contribution in [-0.2, 0) is 41.6 Å². The van der Waals surface area contributed by atoms with Gasteiger partial charge in [-0.25, -0.2) is 21.6 Å². The van der Waals surface area contributed by atoms with Crippen molar-refractivity contribution in [2.75, 3.05) is 63.2 Å². The molecule has 2 aromatic carbocycles. The zero-order valence-electron chi connectivity index (χ0n) is 23.5. The zero-order chi connectivity index (χ0) is 29.0. The highest BCUT2D eigenvalue weighted by Gasteiger charge is 2.48. The number of hydrogen-bond acceptors (Lipinski definition) is 7. The van der Waals surface area contributed by atoms with Crippen LogP contribution in [-0.4, -0.2) is 97.5 Å². The maximum absolute atomic E-state index is 13.7. The van der Waals surface area contributed by atoms with Crippen LogP contribution >= 0.6 is 0 Å². The number of hydrogen-bond donors (Lipinski definition) is 1. The van der Waals surface area contributed by atoms with E-state index in [0.29, 0.717) is 51.1 Å². The van der Waals surface area contributed by atoms with Crippen molar-refractivity contribution in [3.63, 3.8) is 0 Å². The number of benzene rings is 2. The van der Waals surface area contributed by atoms with Gasteiger partial charge in [0.25, 0.3) is 0 Å². The van der Waals surface area contributed by atoms with Crippen molar-refractivity contribution in [2.45, 2.75) is 37.3 Å². The molecule has 1 atom stereocenters. The number of amides is 1. The van der Waals surface area contributed by atoms with Crippen LogP contribution < -0.4 is 9.03 Å². The molecule has 2 aromatic rings. The molecule has 0 radical (unpaired) electrons. The number of likely N-dealkylation sites (tertiary alicyclic amines) is 1. The molecule has 1 fully saturated rings. The number of nitrogens with zero attached hydrogens (tertiary/aromatic N) is 3. The summed E-state index contributed by atoms with van der Waals surface area (Å²) in [4.78, 5) is 17.3. The summed E-state index contributed by atoms with van der Waals surface area (Å²) >= 11 is 0. The SMILES string of the molecule is CN(C)CCCS(=O)(=O)N[C@H](COCc1ccccc1)C(=O)N1CCC2(CC1)CN(S(C)(=O)=O)c1ccccc12. The molecular weight excluding hydrogens is 552 g/mol. The topological polar surface area (TPSA) is 116 Å². The molecule has 1 spiro atoms. The minimum atomic E-state index is -3.72. The van der Waals surface area contributed by atoms with Gasteiger partial charge < -0.3 is 14.5 Å². The Balaban J connectivity index is 1.45. The van der Waals surface area contributed by atoms with E-state index in [9.17, 15) is 21.6 Å². The number of nitrogens with one attached hydrogen (secondary N) is 1. The largest absolute Gasteiger partial charge is 0.375 e. The number of para-hydroxylation sites is 1. The third-order valence-corrected chi connectivity index (χ3v) is 10.3. The van der Waals surface area contributed by atoms with Crippen LogP contribution in [0.3, 0.4) is 0 Å². The van der Waals surface area contributed by atoms with Gasteiger partial charge >= 0.3 is 0 Å². The minimum Gasteiger partial charge on any atom is -0.375 e. The average molecular weight is 593 g/mol. The van der Waals surface area contributed by atoms with Crippen molar-refractivity contribution in [1.29, 1.82) is 0 Å². The normalized spacial score (nSPS) is 17.8. The van der Waals surface area contributed by atoms with Gasteiger partial charge in [0.05, 0.1) is 30.9 Å². The van der Waals surface area contributed by atoms with Crippen molar-refractivity contribution < 1.29 is 26.4 Å². The fourth-order valence-electron chi connectivity index (χ4n) is 5.55. The standard InChI is InChI=1S/C28H40N4O6S2/c1-30(2)16-9-19-40(36,37)29-25(21-38-20-23-10-5-4-6-11-23)27(33)31-17-14-28(15-18-31)22-32(39(3,34)35)26-13-8-7-12-24(26)28/h4-8,10-13,25,29H,9,14-22H2,1-3H3/t25-/m1/s1. The Kier molecular flexibility index (Phi) is 9.56. The molecule has 0 aliphatic carbocycles. The number of ether oxygens (including phenoxy) is 1. The summed E-state index contributed by atoms with van der Waals surface area (Å²) in [7, 11) is -3.40. The average Bonchev–Trinajstić information content (AvgIpc) is 3.23. The lowest BCUT2D eigenvalue weighted by Gasteiger charge is -2.40. The zero-order valence-corrected chi connectivity index (χ0v) is 25.1. The van der Waals surface area contributed by atoms with Gasteiger partial charge in [-0.05, 0) is 57.1 Å². The Morgan fingerprint density at radius 3 is 2.33 bits per heavy atom. The number of anilines is 1.